The van der Waals surface area contributed by atoms with Crippen LogP contribution in [-0.2, 0) is 22.3 Å². The van der Waals surface area contributed by atoms with Gasteiger partial charge in [0.15, 0.2) is 0 Å². The van der Waals surface area contributed by atoms with Crippen molar-refractivity contribution in [1.82, 2.24) is 0 Å². The number of hydrogen-bond acceptors (Lipinski definition) is 3. The van der Waals surface area contributed by atoms with Crippen LogP contribution in [-0.4, -0.2) is 8.42 Å². The van der Waals surface area contributed by atoms with Gasteiger partial charge in [-0.2, -0.15) is 0 Å². The fourth-order valence-corrected chi connectivity index (χ4v) is 3.26. The second-order valence-electron chi connectivity index (χ2n) is 4.51. The second kappa shape index (κ2) is 6.55. The summed E-state index contributed by atoms with van der Waals surface area (Å²) in [5.74, 6) is -0.723. The van der Waals surface area contributed by atoms with Crippen molar-refractivity contribution in [1.29, 1.82) is 0 Å². The molecule has 0 aromatic heterocycles. The molecule has 0 spiro atoms. The molecule has 0 saturated heterocycles. The van der Waals surface area contributed by atoms with Gasteiger partial charge < -0.3 is 5.73 Å². The SMILES string of the molecule is NCc1cccc(CS(=O)(=O)Nc2ccc(Br)c(F)c2)c1. The van der Waals surface area contributed by atoms with Crippen molar-refractivity contribution in [2.24, 2.45) is 5.73 Å². The molecule has 0 aliphatic carbocycles. The molecule has 0 saturated carbocycles. The van der Waals surface area contributed by atoms with E-state index in [0.29, 0.717) is 12.1 Å². The topological polar surface area (TPSA) is 72.2 Å². The maximum Gasteiger partial charge on any atom is 0.236 e. The number of sulfonamides is 1. The van der Waals surface area contributed by atoms with E-state index in [-0.39, 0.29) is 15.9 Å². The molecule has 4 nitrogen and oxygen atoms in total. The third kappa shape index (κ3) is 4.52. The first-order valence-corrected chi connectivity index (χ1v) is 8.57. The van der Waals surface area contributed by atoms with Gasteiger partial charge in [-0.3, -0.25) is 4.72 Å². The number of anilines is 1. The van der Waals surface area contributed by atoms with Gasteiger partial charge in [0.25, 0.3) is 0 Å². The van der Waals surface area contributed by atoms with Crippen molar-refractivity contribution in [3.8, 4) is 0 Å². The van der Waals surface area contributed by atoms with Gasteiger partial charge in [-0.1, -0.05) is 24.3 Å². The Labute approximate surface area is 131 Å². The smallest absolute Gasteiger partial charge is 0.236 e. The second-order valence-corrected chi connectivity index (χ2v) is 7.09. The molecule has 0 fully saturated rings. The predicted octanol–water partition coefficient (Wildman–Crippen LogP) is 2.99. The number of nitrogens with one attached hydrogen (secondary N) is 1. The van der Waals surface area contributed by atoms with Crippen molar-refractivity contribution in [3.05, 3.63) is 63.9 Å². The largest absolute Gasteiger partial charge is 0.326 e. The monoisotopic (exact) mass is 372 g/mol. The zero-order chi connectivity index (χ0) is 15.5. The highest BCUT2D eigenvalue weighted by atomic mass is 79.9. The van der Waals surface area contributed by atoms with Crippen LogP contribution in [0.1, 0.15) is 11.1 Å². The first-order chi connectivity index (χ1) is 9.89. The highest BCUT2D eigenvalue weighted by Crippen LogP contribution is 2.21. The van der Waals surface area contributed by atoms with E-state index in [4.69, 9.17) is 5.73 Å². The molecule has 0 bridgehead atoms. The average molecular weight is 373 g/mol. The summed E-state index contributed by atoms with van der Waals surface area (Å²) in [4.78, 5) is 0. The van der Waals surface area contributed by atoms with Crippen LogP contribution < -0.4 is 10.5 Å². The van der Waals surface area contributed by atoms with Crippen LogP contribution in [0.3, 0.4) is 0 Å². The predicted molar refractivity (Wildman–Crippen MR) is 84.7 cm³/mol. The van der Waals surface area contributed by atoms with Crippen LogP contribution in [0, 0.1) is 5.82 Å². The molecule has 0 unspecified atom stereocenters. The van der Waals surface area contributed by atoms with Gasteiger partial charge in [0, 0.05) is 6.54 Å². The number of hydrogen-bond donors (Lipinski definition) is 2. The van der Waals surface area contributed by atoms with Crippen LogP contribution in [0.5, 0.6) is 0 Å². The number of rotatable bonds is 5. The summed E-state index contributed by atoms with van der Waals surface area (Å²) in [5, 5.41) is 0. The summed E-state index contributed by atoms with van der Waals surface area (Å²) in [6.07, 6.45) is 0. The van der Waals surface area contributed by atoms with Gasteiger partial charge >= 0.3 is 0 Å². The lowest BCUT2D eigenvalue weighted by molar-refractivity contribution is 0.600. The molecular weight excluding hydrogens is 359 g/mol. The first-order valence-electron chi connectivity index (χ1n) is 6.13. The van der Waals surface area contributed by atoms with E-state index in [9.17, 15) is 12.8 Å². The summed E-state index contributed by atoms with van der Waals surface area (Å²) >= 11 is 3.01. The minimum Gasteiger partial charge on any atom is -0.326 e. The molecule has 21 heavy (non-hydrogen) atoms. The Balaban J connectivity index is 2.16. The molecule has 2 rings (SSSR count). The maximum absolute atomic E-state index is 13.4. The van der Waals surface area contributed by atoms with Crippen molar-refractivity contribution < 1.29 is 12.8 Å². The van der Waals surface area contributed by atoms with E-state index in [2.05, 4.69) is 20.7 Å². The number of halogens is 2. The van der Waals surface area contributed by atoms with Crippen LogP contribution in [0.15, 0.2) is 46.9 Å². The minimum atomic E-state index is -3.62. The Morgan fingerprint density at radius 2 is 1.86 bits per heavy atom. The third-order valence-corrected chi connectivity index (χ3v) is 4.68. The van der Waals surface area contributed by atoms with Crippen LogP contribution >= 0.6 is 15.9 Å². The molecule has 0 radical (unpaired) electrons. The Hall–Kier alpha value is -1.44. The molecule has 112 valence electrons. The molecule has 0 aliphatic rings. The zero-order valence-electron chi connectivity index (χ0n) is 11.0. The fraction of sp³-hybridized carbons (Fsp3) is 0.143. The van der Waals surface area contributed by atoms with E-state index in [1.165, 1.54) is 12.1 Å². The fourth-order valence-electron chi connectivity index (χ4n) is 1.84. The summed E-state index contributed by atoms with van der Waals surface area (Å²) < 4.78 is 40.2. The molecule has 0 heterocycles. The van der Waals surface area contributed by atoms with Gasteiger partial charge in [0.1, 0.15) is 5.82 Å². The van der Waals surface area contributed by atoms with Crippen molar-refractivity contribution >= 4 is 31.6 Å². The Bertz CT molecular complexity index is 750. The van der Waals surface area contributed by atoms with E-state index in [1.54, 1.807) is 18.2 Å². The average Bonchev–Trinajstić information content (AvgIpc) is 2.42. The minimum absolute atomic E-state index is 0.186. The molecule has 2 aromatic rings. The Morgan fingerprint density at radius 1 is 1.14 bits per heavy atom. The summed E-state index contributed by atoms with van der Waals surface area (Å²) in [6.45, 7) is 0.346. The summed E-state index contributed by atoms with van der Waals surface area (Å²) in [6, 6.07) is 11.1. The van der Waals surface area contributed by atoms with Gasteiger partial charge in [0.05, 0.1) is 15.9 Å². The van der Waals surface area contributed by atoms with Crippen molar-refractivity contribution in [2.45, 2.75) is 12.3 Å². The van der Waals surface area contributed by atoms with Crippen molar-refractivity contribution in [3.63, 3.8) is 0 Å². The van der Waals surface area contributed by atoms with Gasteiger partial charge in [-0.25, -0.2) is 12.8 Å². The normalized spacial score (nSPS) is 11.4. The van der Waals surface area contributed by atoms with E-state index in [0.717, 1.165) is 11.6 Å². The van der Waals surface area contributed by atoms with Crippen LogP contribution in [0.25, 0.3) is 0 Å². The zero-order valence-corrected chi connectivity index (χ0v) is 13.4. The first kappa shape index (κ1) is 15.9. The summed E-state index contributed by atoms with van der Waals surface area (Å²) in [5.41, 5.74) is 7.20. The lowest BCUT2D eigenvalue weighted by Gasteiger charge is -2.09. The molecular formula is C14H14BrFN2O2S. The summed E-state index contributed by atoms with van der Waals surface area (Å²) in [7, 11) is -3.62. The molecule has 3 N–H and O–H groups in total. The molecule has 2 aromatic carbocycles. The number of benzene rings is 2. The lowest BCUT2D eigenvalue weighted by atomic mass is 10.1. The van der Waals surface area contributed by atoms with E-state index in [1.807, 2.05) is 6.07 Å². The van der Waals surface area contributed by atoms with Crippen LogP contribution in [0.4, 0.5) is 10.1 Å². The van der Waals surface area contributed by atoms with Gasteiger partial charge in [-0.05, 0) is 45.3 Å². The van der Waals surface area contributed by atoms with Gasteiger partial charge in [0.2, 0.25) is 10.0 Å². The maximum atomic E-state index is 13.4. The standard InChI is InChI=1S/C14H14BrFN2O2S/c15-13-5-4-12(7-14(13)16)18-21(19,20)9-11-3-1-2-10(6-11)8-17/h1-7,18H,8-9,17H2. The van der Waals surface area contributed by atoms with Crippen molar-refractivity contribution in [2.75, 3.05) is 4.72 Å². The Morgan fingerprint density at radius 3 is 2.52 bits per heavy atom. The quantitative estimate of drug-likeness (QED) is 0.847. The van der Waals surface area contributed by atoms with Gasteiger partial charge in [-0.15, -0.1) is 0 Å². The van der Waals surface area contributed by atoms with E-state index < -0.39 is 15.8 Å². The lowest BCUT2D eigenvalue weighted by Crippen LogP contribution is -2.15. The highest BCUT2D eigenvalue weighted by Gasteiger charge is 2.13. The van der Waals surface area contributed by atoms with Crippen LogP contribution in [0.2, 0.25) is 0 Å². The molecule has 7 heteroatoms. The molecule has 0 atom stereocenters. The Kier molecular flexibility index (Phi) is 4.97. The number of nitrogens with two attached hydrogens (primary N) is 1. The third-order valence-electron chi connectivity index (χ3n) is 2.78. The highest BCUT2D eigenvalue weighted by molar-refractivity contribution is 9.10. The van der Waals surface area contributed by atoms with E-state index >= 15 is 0 Å². The molecule has 0 amide bonds. The molecule has 0 aliphatic heterocycles.